The van der Waals surface area contributed by atoms with Crippen molar-refractivity contribution in [2.24, 2.45) is 0 Å². The third kappa shape index (κ3) is 4.89. The van der Waals surface area contributed by atoms with Crippen LogP contribution in [0.1, 0.15) is 6.42 Å². The molecule has 1 heterocycles. The number of carbonyl (C=O) groups excluding carboxylic acids is 1. The molecule has 1 aromatic rings. The van der Waals surface area contributed by atoms with Gasteiger partial charge in [0.25, 0.3) is 0 Å². The number of nitrogens with one attached hydrogen (secondary N) is 1. The molecule has 1 saturated heterocycles. The summed E-state index contributed by atoms with van der Waals surface area (Å²) in [6, 6.07) is 1.24. The summed E-state index contributed by atoms with van der Waals surface area (Å²) in [5.74, 6) is -1.86. The molecule has 0 saturated carbocycles. The van der Waals surface area contributed by atoms with Crippen molar-refractivity contribution in [1.29, 1.82) is 0 Å². The molecular weight excluding hydrogens is 350 g/mol. The molecule has 0 bridgehead atoms. The first-order chi connectivity index (χ1) is 11.6. The fourth-order valence-electron chi connectivity index (χ4n) is 2.65. The normalized spacial score (nSPS) is 19.1. The minimum Gasteiger partial charge on any atom is -0.504 e. The minimum absolute atomic E-state index is 0.0458. The summed E-state index contributed by atoms with van der Waals surface area (Å²) in [6.45, 7) is 0.880. The molecule has 0 aromatic heterocycles. The van der Waals surface area contributed by atoms with Crippen LogP contribution in [0.25, 0.3) is 0 Å². The van der Waals surface area contributed by atoms with Crippen molar-refractivity contribution in [1.82, 2.24) is 9.80 Å². The quantitative estimate of drug-likeness (QED) is 0.434. The molecule has 1 aliphatic heterocycles. The zero-order valence-corrected chi connectivity index (χ0v) is 15.0. The lowest BCUT2D eigenvalue weighted by Crippen LogP contribution is -2.46. The van der Waals surface area contributed by atoms with E-state index < -0.39 is 39.2 Å². The van der Waals surface area contributed by atoms with E-state index in [1.54, 1.807) is 0 Å². The van der Waals surface area contributed by atoms with Crippen LogP contribution >= 0.6 is 0 Å². The van der Waals surface area contributed by atoms with Crippen molar-refractivity contribution < 1.29 is 28.5 Å². The van der Waals surface area contributed by atoms with Crippen LogP contribution in [0.4, 0.5) is 10.5 Å². The van der Waals surface area contributed by atoms with Gasteiger partial charge in [0.15, 0.2) is 27.1 Å². The number of urea groups is 1. The minimum atomic E-state index is -3.15. The van der Waals surface area contributed by atoms with Gasteiger partial charge in [-0.15, -0.1) is 0 Å². The number of phenolic OH excluding ortho intramolecular Hbond substituents is 3. The molecule has 1 unspecified atom stereocenters. The maximum atomic E-state index is 12.6. The highest BCUT2D eigenvalue weighted by Crippen LogP contribution is 2.37. The maximum Gasteiger partial charge on any atom is 0.322 e. The number of benzene rings is 1. The molecule has 1 aliphatic rings. The van der Waals surface area contributed by atoms with E-state index in [1.165, 1.54) is 4.90 Å². The summed E-state index contributed by atoms with van der Waals surface area (Å²) < 4.78 is 23.5. The predicted molar refractivity (Wildman–Crippen MR) is 92.8 cm³/mol. The average molecular weight is 373 g/mol. The van der Waals surface area contributed by atoms with E-state index >= 15 is 0 Å². The second kappa shape index (κ2) is 7.36. The van der Waals surface area contributed by atoms with Crippen LogP contribution in [0.15, 0.2) is 12.1 Å². The van der Waals surface area contributed by atoms with Crippen LogP contribution in [0, 0.1) is 0 Å². The third-order valence-corrected chi connectivity index (χ3v) is 5.77. The fraction of sp³-hybridized carbons (Fsp3) is 0.533. The predicted octanol–water partition coefficient (Wildman–Crippen LogP) is 0.386. The van der Waals surface area contributed by atoms with E-state index in [4.69, 9.17) is 0 Å². The summed E-state index contributed by atoms with van der Waals surface area (Å²) in [4.78, 5) is 15.9. The van der Waals surface area contributed by atoms with Crippen LogP contribution in [0.2, 0.25) is 0 Å². The molecule has 0 aliphatic carbocycles. The Bertz CT molecular complexity index is 727. The van der Waals surface area contributed by atoms with Crippen molar-refractivity contribution in [3.05, 3.63) is 12.1 Å². The SMILES string of the molecule is CN(C)CCN(C(=O)Nc1cc(O)c(O)c(O)c1)C1CCS(=O)(=O)C1. The fourth-order valence-corrected chi connectivity index (χ4v) is 4.38. The van der Waals surface area contributed by atoms with Gasteiger partial charge in [0, 0.05) is 31.3 Å². The lowest BCUT2D eigenvalue weighted by atomic mass is 10.2. The van der Waals surface area contributed by atoms with Gasteiger partial charge in [0.05, 0.1) is 17.2 Å². The van der Waals surface area contributed by atoms with Gasteiger partial charge in [-0.1, -0.05) is 0 Å². The topological polar surface area (TPSA) is 130 Å². The van der Waals surface area contributed by atoms with Crippen molar-refractivity contribution >= 4 is 21.6 Å². The Morgan fingerprint density at radius 1 is 1.20 bits per heavy atom. The number of carbonyl (C=O) groups is 1. The Hall–Kier alpha value is -2.20. The number of rotatable bonds is 5. The van der Waals surface area contributed by atoms with E-state index in [1.807, 2.05) is 19.0 Å². The first-order valence-corrected chi connectivity index (χ1v) is 9.59. The lowest BCUT2D eigenvalue weighted by molar-refractivity contribution is 0.186. The Balaban J connectivity index is 2.17. The molecule has 2 amide bonds. The largest absolute Gasteiger partial charge is 0.504 e. The van der Waals surface area contributed by atoms with E-state index in [2.05, 4.69) is 5.32 Å². The maximum absolute atomic E-state index is 12.6. The second-order valence-corrected chi connectivity index (χ2v) is 8.58. The number of amides is 2. The first-order valence-electron chi connectivity index (χ1n) is 7.77. The van der Waals surface area contributed by atoms with Gasteiger partial charge in [-0.25, -0.2) is 13.2 Å². The van der Waals surface area contributed by atoms with Gasteiger partial charge in [0.2, 0.25) is 0 Å². The summed E-state index contributed by atoms with van der Waals surface area (Å²) in [6.07, 6.45) is 0.370. The van der Waals surface area contributed by atoms with Crippen LogP contribution in [-0.2, 0) is 9.84 Å². The van der Waals surface area contributed by atoms with Crippen LogP contribution in [0.3, 0.4) is 0 Å². The number of phenols is 3. The van der Waals surface area contributed by atoms with E-state index in [0.29, 0.717) is 19.5 Å². The van der Waals surface area contributed by atoms with Gasteiger partial charge in [0.1, 0.15) is 0 Å². The van der Waals surface area contributed by atoms with Crippen LogP contribution in [-0.4, -0.2) is 84.3 Å². The molecule has 0 radical (unpaired) electrons. The molecule has 1 aromatic carbocycles. The van der Waals surface area contributed by atoms with Crippen molar-refractivity contribution in [2.75, 3.05) is 44.0 Å². The number of likely N-dealkylation sites (N-methyl/N-ethyl adjacent to an activating group) is 1. The van der Waals surface area contributed by atoms with Gasteiger partial charge in [-0.05, 0) is 20.5 Å². The molecule has 140 valence electrons. The number of aromatic hydroxyl groups is 3. The highest BCUT2D eigenvalue weighted by Gasteiger charge is 2.34. The van der Waals surface area contributed by atoms with E-state index in [-0.39, 0.29) is 17.2 Å². The molecule has 25 heavy (non-hydrogen) atoms. The van der Waals surface area contributed by atoms with Crippen LogP contribution < -0.4 is 5.32 Å². The van der Waals surface area contributed by atoms with Gasteiger partial charge < -0.3 is 30.4 Å². The Morgan fingerprint density at radius 3 is 2.28 bits per heavy atom. The summed E-state index contributed by atoms with van der Waals surface area (Å²) in [7, 11) is 0.537. The van der Waals surface area contributed by atoms with E-state index in [9.17, 15) is 28.5 Å². The molecular formula is C15H23N3O6S. The summed E-state index contributed by atoms with van der Waals surface area (Å²) in [5.41, 5.74) is 0.0912. The summed E-state index contributed by atoms with van der Waals surface area (Å²) >= 11 is 0. The Kier molecular flexibility index (Phi) is 5.63. The highest BCUT2D eigenvalue weighted by atomic mass is 32.2. The molecule has 10 heteroatoms. The lowest BCUT2D eigenvalue weighted by Gasteiger charge is -2.29. The Morgan fingerprint density at radius 2 is 1.80 bits per heavy atom. The number of nitrogens with zero attached hydrogens (tertiary/aromatic N) is 2. The zero-order valence-electron chi connectivity index (χ0n) is 14.1. The third-order valence-electron chi connectivity index (χ3n) is 4.02. The van der Waals surface area contributed by atoms with Gasteiger partial charge in [-0.3, -0.25) is 0 Å². The molecule has 0 spiro atoms. The van der Waals surface area contributed by atoms with Gasteiger partial charge in [-0.2, -0.15) is 0 Å². The zero-order chi connectivity index (χ0) is 18.8. The number of anilines is 1. The average Bonchev–Trinajstić information content (AvgIpc) is 2.84. The molecule has 9 nitrogen and oxygen atoms in total. The number of sulfone groups is 1. The molecule has 2 rings (SSSR count). The number of hydrogen-bond acceptors (Lipinski definition) is 7. The van der Waals surface area contributed by atoms with E-state index in [0.717, 1.165) is 12.1 Å². The first kappa shape index (κ1) is 19.1. The monoisotopic (exact) mass is 373 g/mol. The molecule has 4 N–H and O–H groups in total. The Labute approximate surface area is 146 Å². The van der Waals surface area contributed by atoms with Crippen LogP contribution in [0.5, 0.6) is 17.2 Å². The highest BCUT2D eigenvalue weighted by molar-refractivity contribution is 7.91. The molecule has 1 atom stereocenters. The smallest absolute Gasteiger partial charge is 0.322 e. The standard InChI is InChI=1S/C15H23N3O6S/c1-17(2)4-5-18(11-3-6-25(23,24)9-11)15(22)16-10-7-12(19)14(21)13(20)8-10/h7-8,11,19-21H,3-6,9H2,1-2H3,(H,16,22). The number of hydrogen-bond donors (Lipinski definition) is 4. The van der Waals surface area contributed by atoms with Crippen molar-refractivity contribution in [2.45, 2.75) is 12.5 Å². The van der Waals surface area contributed by atoms with Crippen molar-refractivity contribution in [3.63, 3.8) is 0 Å². The van der Waals surface area contributed by atoms with Gasteiger partial charge >= 0.3 is 6.03 Å². The second-order valence-electron chi connectivity index (χ2n) is 6.35. The summed E-state index contributed by atoms with van der Waals surface area (Å²) in [5, 5.41) is 30.9. The van der Waals surface area contributed by atoms with Crippen molar-refractivity contribution in [3.8, 4) is 17.2 Å². The molecule has 1 fully saturated rings.